The van der Waals surface area contributed by atoms with Crippen molar-refractivity contribution in [2.45, 2.75) is 25.7 Å². The number of ether oxygens (including phenoxy) is 1. The highest BCUT2D eigenvalue weighted by atomic mass is 16.5. The molecule has 1 aliphatic heterocycles. The molecule has 0 spiro atoms. The van der Waals surface area contributed by atoms with Crippen molar-refractivity contribution in [2.75, 3.05) is 30.5 Å². The number of nitrogens with one attached hydrogen (secondary N) is 1. The fourth-order valence-electron chi connectivity index (χ4n) is 1.91. The van der Waals surface area contributed by atoms with Crippen LogP contribution in [0.1, 0.15) is 25.7 Å². The highest BCUT2D eigenvalue weighted by Crippen LogP contribution is 2.18. The molecule has 2 heterocycles. The minimum absolute atomic E-state index is 0.284. The van der Waals surface area contributed by atoms with E-state index in [1.54, 1.807) is 0 Å². The molecule has 17 heavy (non-hydrogen) atoms. The van der Waals surface area contributed by atoms with Gasteiger partial charge >= 0.3 is 6.01 Å². The number of hydrazine groups is 1. The lowest BCUT2D eigenvalue weighted by atomic mass is 10.2. The summed E-state index contributed by atoms with van der Waals surface area (Å²) >= 11 is 0. The van der Waals surface area contributed by atoms with Gasteiger partial charge in [0.2, 0.25) is 11.9 Å². The van der Waals surface area contributed by atoms with Crippen LogP contribution in [0.3, 0.4) is 0 Å². The molecular weight excluding hydrogens is 220 g/mol. The number of anilines is 2. The van der Waals surface area contributed by atoms with Crippen molar-refractivity contribution in [2.24, 2.45) is 5.84 Å². The summed E-state index contributed by atoms with van der Waals surface area (Å²) in [6.07, 6.45) is 4.86. The Morgan fingerprint density at radius 3 is 2.41 bits per heavy atom. The summed E-state index contributed by atoms with van der Waals surface area (Å²) < 4.78 is 5.03. The molecule has 1 saturated heterocycles. The Bertz CT molecular complexity index is 342. The molecule has 1 aromatic heterocycles. The second kappa shape index (κ2) is 5.62. The molecule has 1 fully saturated rings. The molecule has 0 aromatic carbocycles. The van der Waals surface area contributed by atoms with Crippen LogP contribution in [0.25, 0.3) is 0 Å². The summed E-state index contributed by atoms with van der Waals surface area (Å²) in [5.41, 5.74) is 2.43. The number of nitrogen functional groups attached to an aromatic ring is 1. The van der Waals surface area contributed by atoms with Gasteiger partial charge in [-0.1, -0.05) is 12.8 Å². The molecular formula is C10H18N6O. The minimum Gasteiger partial charge on any atom is -0.467 e. The highest BCUT2D eigenvalue weighted by Gasteiger charge is 2.15. The molecule has 7 heteroatoms. The molecule has 0 bridgehead atoms. The minimum atomic E-state index is 0.284. The Kier molecular flexibility index (Phi) is 3.92. The van der Waals surface area contributed by atoms with Crippen molar-refractivity contribution in [3.05, 3.63) is 0 Å². The zero-order valence-corrected chi connectivity index (χ0v) is 10.0. The number of hydrogen-bond donors (Lipinski definition) is 2. The van der Waals surface area contributed by atoms with Gasteiger partial charge in [-0.3, -0.25) is 5.43 Å². The fraction of sp³-hybridized carbons (Fsp3) is 0.700. The van der Waals surface area contributed by atoms with E-state index in [9.17, 15) is 0 Å². The second-order valence-corrected chi connectivity index (χ2v) is 3.99. The Labute approximate surface area is 100 Å². The van der Waals surface area contributed by atoms with Crippen molar-refractivity contribution in [1.29, 1.82) is 0 Å². The summed E-state index contributed by atoms with van der Waals surface area (Å²) in [6.45, 7) is 1.94. The van der Waals surface area contributed by atoms with E-state index in [-0.39, 0.29) is 6.01 Å². The van der Waals surface area contributed by atoms with E-state index in [1.165, 1.54) is 32.8 Å². The Morgan fingerprint density at radius 1 is 1.12 bits per heavy atom. The molecule has 7 nitrogen and oxygen atoms in total. The quantitative estimate of drug-likeness (QED) is 0.587. The van der Waals surface area contributed by atoms with E-state index in [1.807, 2.05) is 0 Å². The molecule has 1 aliphatic rings. The summed E-state index contributed by atoms with van der Waals surface area (Å²) in [4.78, 5) is 14.6. The third kappa shape index (κ3) is 2.94. The van der Waals surface area contributed by atoms with E-state index in [0.29, 0.717) is 11.9 Å². The molecule has 2 rings (SSSR count). The van der Waals surface area contributed by atoms with Crippen molar-refractivity contribution in [3.8, 4) is 6.01 Å². The zero-order chi connectivity index (χ0) is 12.1. The molecule has 94 valence electrons. The Hall–Kier alpha value is -1.63. The van der Waals surface area contributed by atoms with Crippen molar-refractivity contribution >= 4 is 11.9 Å². The van der Waals surface area contributed by atoms with Gasteiger partial charge in [-0.15, -0.1) is 0 Å². The number of rotatable bonds is 3. The average Bonchev–Trinajstić information content (AvgIpc) is 2.67. The SMILES string of the molecule is COc1nc(NN)nc(N2CCCCCC2)n1. The van der Waals surface area contributed by atoms with Gasteiger partial charge in [-0.25, -0.2) is 5.84 Å². The topological polar surface area (TPSA) is 89.2 Å². The molecule has 0 amide bonds. The predicted octanol–water partition coefficient (Wildman–Crippen LogP) is 0.546. The van der Waals surface area contributed by atoms with E-state index in [2.05, 4.69) is 25.3 Å². The van der Waals surface area contributed by atoms with Crippen LogP contribution in [0.15, 0.2) is 0 Å². The maximum atomic E-state index is 5.33. The van der Waals surface area contributed by atoms with Crippen LogP contribution in [-0.2, 0) is 0 Å². The van der Waals surface area contributed by atoms with Crippen molar-refractivity contribution in [3.63, 3.8) is 0 Å². The van der Waals surface area contributed by atoms with Crippen LogP contribution < -0.4 is 20.9 Å². The van der Waals surface area contributed by atoms with Crippen LogP contribution in [0.4, 0.5) is 11.9 Å². The molecule has 3 N–H and O–H groups in total. The first kappa shape index (κ1) is 11.8. The summed E-state index contributed by atoms with van der Waals surface area (Å²) in [5.74, 6) is 6.29. The van der Waals surface area contributed by atoms with Gasteiger partial charge in [-0.2, -0.15) is 15.0 Å². The van der Waals surface area contributed by atoms with Crippen LogP contribution in [-0.4, -0.2) is 35.2 Å². The Morgan fingerprint density at radius 2 is 1.82 bits per heavy atom. The van der Waals surface area contributed by atoms with E-state index in [0.717, 1.165) is 13.1 Å². The largest absolute Gasteiger partial charge is 0.467 e. The molecule has 0 radical (unpaired) electrons. The smallest absolute Gasteiger partial charge is 0.322 e. The van der Waals surface area contributed by atoms with Gasteiger partial charge in [0.25, 0.3) is 0 Å². The van der Waals surface area contributed by atoms with Gasteiger partial charge in [0.1, 0.15) is 0 Å². The molecule has 0 aliphatic carbocycles. The lowest BCUT2D eigenvalue weighted by Gasteiger charge is -2.20. The monoisotopic (exact) mass is 238 g/mol. The number of aromatic nitrogens is 3. The zero-order valence-electron chi connectivity index (χ0n) is 10.0. The molecule has 1 aromatic rings. The predicted molar refractivity (Wildman–Crippen MR) is 64.9 cm³/mol. The normalized spacial score (nSPS) is 16.5. The van der Waals surface area contributed by atoms with Gasteiger partial charge in [0.05, 0.1) is 7.11 Å². The lowest BCUT2D eigenvalue weighted by Crippen LogP contribution is -2.27. The van der Waals surface area contributed by atoms with Crippen LogP contribution in [0.2, 0.25) is 0 Å². The van der Waals surface area contributed by atoms with Crippen LogP contribution in [0.5, 0.6) is 6.01 Å². The number of methoxy groups -OCH3 is 1. The van der Waals surface area contributed by atoms with Crippen LogP contribution >= 0.6 is 0 Å². The van der Waals surface area contributed by atoms with Crippen molar-refractivity contribution in [1.82, 2.24) is 15.0 Å². The first-order valence-electron chi connectivity index (χ1n) is 5.85. The molecule has 0 atom stereocenters. The van der Waals surface area contributed by atoms with Crippen LogP contribution in [0, 0.1) is 0 Å². The summed E-state index contributed by atoms with van der Waals surface area (Å²) in [5, 5.41) is 0. The first-order valence-corrected chi connectivity index (χ1v) is 5.85. The van der Waals surface area contributed by atoms with Gasteiger partial charge in [0.15, 0.2) is 0 Å². The summed E-state index contributed by atoms with van der Waals surface area (Å²) in [7, 11) is 1.53. The van der Waals surface area contributed by atoms with Gasteiger partial charge in [-0.05, 0) is 12.8 Å². The molecule has 0 unspecified atom stereocenters. The standard InChI is InChI=1S/C10H18N6O/c1-17-10-13-8(15-11)12-9(14-10)16-6-4-2-3-5-7-16/h2-7,11H2,1H3,(H,12,13,14,15). The fourth-order valence-corrected chi connectivity index (χ4v) is 1.91. The first-order chi connectivity index (χ1) is 8.33. The Balaban J connectivity index is 2.22. The maximum Gasteiger partial charge on any atom is 0.322 e. The third-order valence-corrected chi connectivity index (χ3v) is 2.80. The van der Waals surface area contributed by atoms with E-state index in [4.69, 9.17) is 10.6 Å². The lowest BCUT2D eigenvalue weighted by molar-refractivity contribution is 0.378. The van der Waals surface area contributed by atoms with Crippen molar-refractivity contribution < 1.29 is 4.74 Å². The average molecular weight is 238 g/mol. The summed E-state index contributed by atoms with van der Waals surface area (Å²) in [6, 6.07) is 0.284. The van der Waals surface area contributed by atoms with Gasteiger partial charge < -0.3 is 9.64 Å². The van der Waals surface area contributed by atoms with Gasteiger partial charge in [0, 0.05) is 13.1 Å². The highest BCUT2D eigenvalue weighted by molar-refractivity contribution is 5.37. The third-order valence-electron chi connectivity index (χ3n) is 2.80. The van der Waals surface area contributed by atoms with E-state index < -0.39 is 0 Å². The van der Waals surface area contributed by atoms with E-state index >= 15 is 0 Å². The number of nitrogens with two attached hydrogens (primary N) is 1. The maximum absolute atomic E-state index is 5.33. The second-order valence-electron chi connectivity index (χ2n) is 3.99. The molecule has 0 saturated carbocycles. The number of hydrogen-bond acceptors (Lipinski definition) is 7. The number of nitrogens with zero attached hydrogens (tertiary/aromatic N) is 4.